The lowest BCUT2D eigenvalue weighted by Gasteiger charge is -2.10. The number of rotatable bonds is 5. The van der Waals surface area contributed by atoms with Crippen LogP contribution in [0.25, 0.3) is 0 Å². The Kier molecular flexibility index (Phi) is 4.43. The van der Waals surface area contributed by atoms with Gasteiger partial charge < -0.3 is 5.11 Å². The van der Waals surface area contributed by atoms with Crippen molar-refractivity contribution in [1.82, 2.24) is 0 Å². The highest BCUT2D eigenvalue weighted by Crippen LogP contribution is 2.27. The van der Waals surface area contributed by atoms with Crippen LogP contribution in [-0.2, 0) is 0 Å². The van der Waals surface area contributed by atoms with Crippen molar-refractivity contribution in [2.45, 2.75) is 5.44 Å². The lowest BCUT2D eigenvalue weighted by atomic mass is 10.1. The van der Waals surface area contributed by atoms with Crippen molar-refractivity contribution < 1.29 is 9.90 Å². The summed E-state index contributed by atoms with van der Waals surface area (Å²) >= 11 is 1.34. The quantitative estimate of drug-likeness (QED) is 0.458. The standard InChI is InChI=1S/C11H12O2S/c1-2-7-14-11(13)10-6-4-3-5-9(10)8-12/h2-6,8,11,13H,1,7H2. The largest absolute Gasteiger partial charge is 0.378 e. The summed E-state index contributed by atoms with van der Waals surface area (Å²) in [5, 5.41) is 9.72. The van der Waals surface area contributed by atoms with Crippen molar-refractivity contribution in [2.24, 2.45) is 0 Å². The monoisotopic (exact) mass is 208 g/mol. The first kappa shape index (κ1) is 11.0. The highest BCUT2D eigenvalue weighted by Gasteiger charge is 2.10. The van der Waals surface area contributed by atoms with Crippen LogP contribution < -0.4 is 0 Å². The van der Waals surface area contributed by atoms with Crippen molar-refractivity contribution in [2.75, 3.05) is 5.75 Å². The second kappa shape index (κ2) is 5.62. The number of carbonyl (C=O) groups is 1. The van der Waals surface area contributed by atoms with Gasteiger partial charge in [0.05, 0.1) is 0 Å². The minimum Gasteiger partial charge on any atom is -0.378 e. The number of aliphatic hydroxyl groups is 1. The molecule has 0 heterocycles. The molecule has 74 valence electrons. The molecule has 0 aliphatic heterocycles. The van der Waals surface area contributed by atoms with Gasteiger partial charge in [-0.05, 0) is 0 Å². The Hall–Kier alpha value is -1.06. The van der Waals surface area contributed by atoms with Crippen molar-refractivity contribution in [3.05, 3.63) is 48.0 Å². The second-order valence-corrected chi connectivity index (χ2v) is 3.83. The fourth-order valence-corrected chi connectivity index (χ4v) is 1.80. The number of aliphatic hydroxyl groups excluding tert-OH is 1. The molecule has 1 rings (SSSR count). The predicted octanol–water partition coefficient (Wildman–Crippen LogP) is 2.41. The van der Waals surface area contributed by atoms with Gasteiger partial charge in [-0.2, -0.15) is 0 Å². The zero-order chi connectivity index (χ0) is 10.4. The van der Waals surface area contributed by atoms with E-state index in [-0.39, 0.29) is 0 Å². The van der Waals surface area contributed by atoms with Gasteiger partial charge in [0.2, 0.25) is 0 Å². The van der Waals surface area contributed by atoms with Crippen LogP contribution >= 0.6 is 11.8 Å². The van der Waals surface area contributed by atoms with E-state index in [2.05, 4.69) is 6.58 Å². The maximum Gasteiger partial charge on any atom is 0.150 e. The van der Waals surface area contributed by atoms with E-state index in [1.54, 1.807) is 30.3 Å². The van der Waals surface area contributed by atoms with Crippen LogP contribution in [0.2, 0.25) is 0 Å². The first-order chi connectivity index (χ1) is 6.79. The molecule has 0 spiro atoms. The van der Waals surface area contributed by atoms with E-state index in [0.717, 1.165) is 6.29 Å². The minimum absolute atomic E-state index is 0.538. The summed E-state index contributed by atoms with van der Waals surface area (Å²) in [5.74, 6) is 0.661. The van der Waals surface area contributed by atoms with Gasteiger partial charge in [0, 0.05) is 16.9 Å². The van der Waals surface area contributed by atoms with E-state index in [9.17, 15) is 9.90 Å². The Morgan fingerprint density at radius 1 is 1.50 bits per heavy atom. The molecule has 0 amide bonds. The van der Waals surface area contributed by atoms with Gasteiger partial charge in [-0.1, -0.05) is 30.3 Å². The summed E-state index contributed by atoms with van der Waals surface area (Å²) < 4.78 is 0. The van der Waals surface area contributed by atoms with Gasteiger partial charge in [-0.3, -0.25) is 4.79 Å². The van der Waals surface area contributed by atoms with Crippen molar-refractivity contribution >= 4 is 18.0 Å². The first-order valence-corrected chi connectivity index (χ1v) is 5.29. The van der Waals surface area contributed by atoms with E-state index < -0.39 is 5.44 Å². The molecule has 0 saturated heterocycles. The summed E-state index contributed by atoms with van der Waals surface area (Å²) in [6.07, 6.45) is 2.48. The van der Waals surface area contributed by atoms with Crippen LogP contribution in [0, 0.1) is 0 Å². The molecule has 1 unspecified atom stereocenters. The van der Waals surface area contributed by atoms with E-state index in [0.29, 0.717) is 16.9 Å². The van der Waals surface area contributed by atoms with Crippen LogP contribution in [0.4, 0.5) is 0 Å². The third kappa shape index (κ3) is 2.72. The molecule has 0 aromatic heterocycles. The number of hydrogen-bond donors (Lipinski definition) is 1. The highest BCUT2D eigenvalue weighted by atomic mass is 32.2. The van der Waals surface area contributed by atoms with Crippen molar-refractivity contribution in [3.8, 4) is 0 Å². The predicted molar refractivity (Wildman–Crippen MR) is 59.4 cm³/mol. The fourth-order valence-electron chi connectivity index (χ4n) is 1.09. The summed E-state index contributed by atoms with van der Waals surface area (Å²) in [6, 6.07) is 7.03. The Morgan fingerprint density at radius 2 is 2.21 bits per heavy atom. The Labute approximate surface area is 87.6 Å². The highest BCUT2D eigenvalue weighted by molar-refractivity contribution is 7.99. The molecule has 0 aliphatic rings. The molecule has 1 atom stereocenters. The molecule has 0 aliphatic carbocycles. The molecule has 0 radical (unpaired) electrons. The molecule has 0 fully saturated rings. The van der Waals surface area contributed by atoms with E-state index in [4.69, 9.17) is 0 Å². The first-order valence-electron chi connectivity index (χ1n) is 4.24. The lowest BCUT2D eigenvalue weighted by molar-refractivity contribution is 0.112. The van der Waals surface area contributed by atoms with Crippen molar-refractivity contribution in [1.29, 1.82) is 0 Å². The van der Waals surface area contributed by atoms with Gasteiger partial charge in [0.15, 0.2) is 0 Å². The zero-order valence-electron chi connectivity index (χ0n) is 7.72. The maximum absolute atomic E-state index is 10.7. The smallest absolute Gasteiger partial charge is 0.150 e. The summed E-state index contributed by atoms with van der Waals surface area (Å²) in [5.41, 5.74) is 0.542. The van der Waals surface area contributed by atoms with Gasteiger partial charge >= 0.3 is 0 Å². The average molecular weight is 208 g/mol. The Bertz CT molecular complexity index is 323. The number of hydrogen-bond acceptors (Lipinski definition) is 3. The van der Waals surface area contributed by atoms with Crippen LogP contribution in [-0.4, -0.2) is 17.1 Å². The van der Waals surface area contributed by atoms with Crippen LogP contribution in [0.5, 0.6) is 0 Å². The number of aldehydes is 1. The minimum atomic E-state index is -0.658. The molecule has 1 aromatic carbocycles. The fraction of sp³-hybridized carbons (Fsp3) is 0.182. The normalized spacial score (nSPS) is 12.1. The molecule has 14 heavy (non-hydrogen) atoms. The molecule has 0 bridgehead atoms. The topological polar surface area (TPSA) is 37.3 Å². The van der Waals surface area contributed by atoms with E-state index in [1.165, 1.54) is 11.8 Å². The Morgan fingerprint density at radius 3 is 2.86 bits per heavy atom. The van der Waals surface area contributed by atoms with Crippen LogP contribution in [0.3, 0.4) is 0 Å². The van der Waals surface area contributed by atoms with Crippen LogP contribution in [0.15, 0.2) is 36.9 Å². The zero-order valence-corrected chi connectivity index (χ0v) is 8.54. The number of benzene rings is 1. The van der Waals surface area contributed by atoms with E-state index >= 15 is 0 Å². The van der Waals surface area contributed by atoms with Gasteiger partial charge in [0.1, 0.15) is 11.7 Å². The Balaban J connectivity index is 2.82. The summed E-state index contributed by atoms with van der Waals surface area (Å²) in [6.45, 7) is 3.57. The van der Waals surface area contributed by atoms with Gasteiger partial charge in [-0.25, -0.2) is 0 Å². The SMILES string of the molecule is C=CCSC(O)c1ccccc1C=O. The molecule has 3 heteroatoms. The molecular weight excluding hydrogens is 196 g/mol. The molecule has 0 saturated carbocycles. The van der Waals surface area contributed by atoms with Crippen molar-refractivity contribution in [3.63, 3.8) is 0 Å². The third-order valence-corrected chi connectivity index (χ3v) is 2.76. The molecule has 1 N–H and O–H groups in total. The number of thioether (sulfide) groups is 1. The van der Waals surface area contributed by atoms with E-state index in [1.807, 2.05) is 0 Å². The van der Waals surface area contributed by atoms with Crippen LogP contribution in [0.1, 0.15) is 21.4 Å². The average Bonchev–Trinajstić information content (AvgIpc) is 2.25. The summed E-state index contributed by atoms with van der Waals surface area (Å²) in [7, 11) is 0. The maximum atomic E-state index is 10.7. The number of carbonyl (C=O) groups excluding carboxylic acids is 1. The van der Waals surface area contributed by atoms with Gasteiger partial charge in [0.25, 0.3) is 0 Å². The molecule has 2 nitrogen and oxygen atoms in total. The summed E-state index contributed by atoms with van der Waals surface area (Å²) in [4.78, 5) is 10.7. The second-order valence-electron chi connectivity index (χ2n) is 2.72. The molecular formula is C11H12O2S. The van der Waals surface area contributed by atoms with Gasteiger partial charge in [-0.15, -0.1) is 18.3 Å². The lowest BCUT2D eigenvalue weighted by Crippen LogP contribution is -1.97. The third-order valence-electron chi connectivity index (χ3n) is 1.76. The molecule has 1 aromatic rings.